The van der Waals surface area contributed by atoms with E-state index in [1.54, 1.807) is 24.4 Å². The SMILES string of the molecule is COc1cccc(F)c1C(C)(O)Cc1cccnc1N. The van der Waals surface area contributed by atoms with Crippen LogP contribution in [0.2, 0.25) is 0 Å². The van der Waals surface area contributed by atoms with Gasteiger partial charge in [-0.25, -0.2) is 9.37 Å². The molecular formula is C15H17FN2O2. The van der Waals surface area contributed by atoms with Crippen molar-refractivity contribution in [2.75, 3.05) is 12.8 Å². The van der Waals surface area contributed by atoms with Gasteiger partial charge in [0, 0.05) is 12.6 Å². The Labute approximate surface area is 117 Å². The van der Waals surface area contributed by atoms with Crippen molar-refractivity contribution in [1.82, 2.24) is 4.98 Å². The fourth-order valence-electron chi connectivity index (χ4n) is 2.26. The van der Waals surface area contributed by atoms with E-state index in [2.05, 4.69) is 4.98 Å². The molecule has 0 radical (unpaired) electrons. The summed E-state index contributed by atoms with van der Waals surface area (Å²) in [6, 6.07) is 7.91. The van der Waals surface area contributed by atoms with Crippen LogP contribution in [0.25, 0.3) is 0 Å². The Kier molecular flexibility index (Phi) is 3.90. The van der Waals surface area contributed by atoms with Crippen molar-refractivity contribution in [2.45, 2.75) is 18.9 Å². The lowest BCUT2D eigenvalue weighted by atomic mass is 9.88. The van der Waals surface area contributed by atoms with Gasteiger partial charge in [-0.3, -0.25) is 0 Å². The van der Waals surface area contributed by atoms with Crippen LogP contribution in [0.3, 0.4) is 0 Å². The minimum absolute atomic E-state index is 0.116. The molecule has 0 aliphatic heterocycles. The van der Waals surface area contributed by atoms with Gasteiger partial charge in [-0.05, 0) is 30.7 Å². The molecule has 0 aliphatic carbocycles. The molecule has 1 aromatic heterocycles. The molecule has 20 heavy (non-hydrogen) atoms. The monoisotopic (exact) mass is 276 g/mol. The molecular weight excluding hydrogens is 259 g/mol. The third-order valence-corrected chi connectivity index (χ3v) is 3.19. The molecule has 0 aliphatic rings. The lowest BCUT2D eigenvalue weighted by molar-refractivity contribution is 0.0511. The maximum Gasteiger partial charge on any atom is 0.133 e. The summed E-state index contributed by atoms with van der Waals surface area (Å²) in [6.45, 7) is 1.53. The van der Waals surface area contributed by atoms with E-state index in [1.807, 2.05) is 0 Å². The van der Waals surface area contributed by atoms with Crippen LogP contribution in [0.1, 0.15) is 18.1 Å². The number of anilines is 1. The number of nitrogens with two attached hydrogens (primary N) is 1. The molecule has 1 atom stereocenters. The molecule has 1 aromatic carbocycles. The lowest BCUT2D eigenvalue weighted by Crippen LogP contribution is -2.27. The topological polar surface area (TPSA) is 68.4 Å². The molecule has 1 unspecified atom stereocenters. The summed E-state index contributed by atoms with van der Waals surface area (Å²) in [4.78, 5) is 3.96. The number of aromatic nitrogens is 1. The number of hydrogen-bond donors (Lipinski definition) is 2. The zero-order valence-corrected chi connectivity index (χ0v) is 11.4. The summed E-state index contributed by atoms with van der Waals surface area (Å²) in [6.07, 6.45) is 1.71. The van der Waals surface area contributed by atoms with Crippen molar-refractivity contribution in [3.63, 3.8) is 0 Å². The molecule has 5 heteroatoms. The molecule has 3 N–H and O–H groups in total. The quantitative estimate of drug-likeness (QED) is 0.898. The zero-order chi connectivity index (χ0) is 14.8. The first-order valence-electron chi connectivity index (χ1n) is 6.20. The van der Waals surface area contributed by atoms with Crippen LogP contribution < -0.4 is 10.5 Å². The molecule has 0 fully saturated rings. The smallest absolute Gasteiger partial charge is 0.133 e. The third kappa shape index (κ3) is 2.72. The molecule has 0 saturated carbocycles. The fraction of sp³-hybridized carbons (Fsp3) is 0.267. The van der Waals surface area contributed by atoms with E-state index in [1.165, 1.54) is 26.2 Å². The average molecular weight is 276 g/mol. The second-order valence-corrected chi connectivity index (χ2v) is 4.82. The summed E-state index contributed by atoms with van der Waals surface area (Å²) in [5.74, 6) is 0.109. The Morgan fingerprint density at radius 2 is 2.10 bits per heavy atom. The van der Waals surface area contributed by atoms with Crippen molar-refractivity contribution in [2.24, 2.45) is 0 Å². The van der Waals surface area contributed by atoms with E-state index in [0.29, 0.717) is 17.1 Å². The van der Waals surface area contributed by atoms with Crippen LogP contribution in [0, 0.1) is 5.82 Å². The zero-order valence-electron chi connectivity index (χ0n) is 11.4. The lowest BCUT2D eigenvalue weighted by Gasteiger charge is -2.26. The van der Waals surface area contributed by atoms with Gasteiger partial charge in [0.05, 0.1) is 18.3 Å². The normalized spacial score (nSPS) is 13.8. The van der Waals surface area contributed by atoms with Crippen LogP contribution >= 0.6 is 0 Å². The number of ether oxygens (including phenoxy) is 1. The minimum atomic E-state index is -1.45. The summed E-state index contributed by atoms with van der Waals surface area (Å²) >= 11 is 0. The Hall–Kier alpha value is -2.14. The van der Waals surface area contributed by atoms with Gasteiger partial charge >= 0.3 is 0 Å². The number of benzene rings is 1. The first-order valence-corrected chi connectivity index (χ1v) is 6.20. The highest BCUT2D eigenvalue weighted by Gasteiger charge is 2.31. The van der Waals surface area contributed by atoms with E-state index in [4.69, 9.17) is 10.5 Å². The van der Waals surface area contributed by atoms with Crippen LogP contribution in [0.15, 0.2) is 36.5 Å². The second-order valence-electron chi connectivity index (χ2n) is 4.82. The average Bonchev–Trinajstić information content (AvgIpc) is 2.40. The van der Waals surface area contributed by atoms with Gasteiger partial charge in [-0.2, -0.15) is 0 Å². The van der Waals surface area contributed by atoms with E-state index >= 15 is 0 Å². The maximum atomic E-state index is 14.0. The van der Waals surface area contributed by atoms with Crippen molar-refractivity contribution < 1.29 is 14.2 Å². The summed E-state index contributed by atoms with van der Waals surface area (Å²) in [5, 5.41) is 10.7. The van der Waals surface area contributed by atoms with Gasteiger partial charge in [-0.15, -0.1) is 0 Å². The molecule has 2 rings (SSSR count). The number of hydrogen-bond acceptors (Lipinski definition) is 4. The number of rotatable bonds is 4. The molecule has 2 aromatic rings. The van der Waals surface area contributed by atoms with E-state index in [9.17, 15) is 9.50 Å². The van der Waals surface area contributed by atoms with Gasteiger partial charge in [-0.1, -0.05) is 12.1 Å². The van der Waals surface area contributed by atoms with E-state index in [0.717, 1.165) is 0 Å². The Balaban J connectivity index is 2.43. The predicted molar refractivity (Wildman–Crippen MR) is 74.9 cm³/mol. The number of aliphatic hydroxyl groups is 1. The maximum absolute atomic E-state index is 14.0. The fourth-order valence-corrected chi connectivity index (χ4v) is 2.26. The highest BCUT2D eigenvalue weighted by molar-refractivity contribution is 5.44. The highest BCUT2D eigenvalue weighted by Crippen LogP contribution is 2.35. The Morgan fingerprint density at radius 1 is 1.35 bits per heavy atom. The van der Waals surface area contributed by atoms with Gasteiger partial charge in [0.2, 0.25) is 0 Å². The first-order chi connectivity index (χ1) is 9.45. The van der Waals surface area contributed by atoms with Crippen LogP contribution in [-0.2, 0) is 12.0 Å². The third-order valence-electron chi connectivity index (χ3n) is 3.19. The van der Waals surface area contributed by atoms with Crippen LogP contribution in [0.4, 0.5) is 10.2 Å². The highest BCUT2D eigenvalue weighted by atomic mass is 19.1. The van der Waals surface area contributed by atoms with Gasteiger partial charge in [0.25, 0.3) is 0 Å². The summed E-state index contributed by atoms with van der Waals surface area (Å²) in [5.41, 5.74) is 5.09. The van der Waals surface area contributed by atoms with Gasteiger partial charge in [0.1, 0.15) is 17.4 Å². The number of nitrogen functional groups attached to an aromatic ring is 1. The number of nitrogens with zero attached hydrogens (tertiary/aromatic N) is 1. The molecule has 1 heterocycles. The van der Waals surface area contributed by atoms with Gasteiger partial charge in [0.15, 0.2) is 0 Å². The van der Waals surface area contributed by atoms with Gasteiger partial charge < -0.3 is 15.6 Å². The molecule has 0 amide bonds. The predicted octanol–water partition coefficient (Wildman–Crippen LogP) is 2.26. The first kappa shape index (κ1) is 14.3. The molecule has 106 valence electrons. The number of halogens is 1. The molecule has 0 bridgehead atoms. The minimum Gasteiger partial charge on any atom is -0.496 e. The van der Waals surface area contributed by atoms with Crippen molar-refractivity contribution >= 4 is 5.82 Å². The molecule has 4 nitrogen and oxygen atoms in total. The van der Waals surface area contributed by atoms with Crippen molar-refractivity contribution in [3.05, 3.63) is 53.5 Å². The molecule has 0 saturated heterocycles. The Bertz CT molecular complexity index is 615. The van der Waals surface area contributed by atoms with E-state index < -0.39 is 11.4 Å². The second kappa shape index (κ2) is 5.46. The van der Waals surface area contributed by atoms with Crippen LogP contribution in [-0.4, -0.2) is 17.2 Å². The van der Waals surface area contributed by atoms with Crippen molar-refractivity contribution in [3.8, 4) is 5.75 Å². The number of pyridine rings is 1. The van der Waals surface area contributed by atoms with Crippen LogP contribution in [0.5, 0.6) is 5.75 Å². The number of methoxy groups -OCH3 is 1. The molecule has 0 spiro atoms. The van der Waals surface area contributed by atoms with Crippen molar-refractivity contribution in [1.29, 1.82) is 0 Å². The van der Waals surface area contributed by atoms with E-state index in [-0.39, 0.29) is 12.0 Å². The summed E-state index contributed by atoms with van der Waals surface area (Å²) in [7, 11) is 1.44. The standard InChI is InChI=1S/C15H17FN2O2/c1-15(19,9-10-5-4-8-18-14(10)17)13-11(16)6-3-7-12(13)20-2/h3-8,19H,9H2,1-2H3,(H2,17,18). The largest absolute Gasteiger partial charge is 0.496 e. The summed E-state index contributed by atoms with van der Waals surface area (Å²) < 4.78 is 19.2. The Morgan fingerprint density at radius 3 is 2.75 bits per heavy atom.